The molecule has 18 heavy (non-hydrogen) atoms. The standard InChI is InChI=1S/C12H11N2O3.Na/c1-13-10(15)9(8-6-4-3-5-7-8)11(16)14(2)12(13)17;/h3-7H,1-2H3;/q-1;+1. The molecule has 0 bridgehead atoms. The van der Waals surface area contributed by atoms with Crippen molar-refractivity contribution >= 4 is 0 Å². The zero-order valence-electron chi connectivity index (χ0n) is 10.5. The van der Waals surface area contributed by atoms with Crippen LogP contribution in [-0.4, -0.2) is 9.13 Å². The number of nitrogens with zero attached hydrogens (tertiary/aromatic N) is 2. The second-order valence-electron chi connectivity index (χ2n) is 3.75. The summed E-state index contributed by atoms with van der Waals surface area (Å²) in [6.45, 7) is 0. The number of hydrogen-bond acceptors (Lipinski definition) is 3. The average molecular weight is 254 g/mol. The molecule has 2 aromatic rings. The number of hydrogen-bond donors (Lipinski definition) is 0. The van der Waals surface area contributed by atoms with Gasteiger partial charge < -0.3 is 0 Å². The van der Waals surface area contributed by atoms with E-state index in [4.69, 9.17) is 0 Å². The fourth-order valence-electron chi connectivity index (χ4n) is 1.68. The summed E-state index contributed by atoms with van der Waals surface area (Å²) < 4.78 is 1.87. The van der Waals surface area contributed by atoms with Crippen molar-refractivity contribution in [3.8, 4) is 11.1 Å². The number of rotatable bonds is 1. The van der Waals surface area contributed by atoms with Crippen LogP contribution in [0, 0.1) is 0 Å². The fraction of sp³-hybridized carbons (Fsp3) is 0.167. The molecular formula is C12H11N2NaO3. The van der Waals surface area contributed by atoms with Gasteiger partial charge in [0.05, 0.1) is 0 Å². The van der Waals surface area contributed by atoms with Gasteiger partial charge in [-0.3, -0.25) is 18.7 Å². The molecule has 1 aromatic carbocycles. The predicted octanol–water partition coefficient (Wildman–Crippen LogP) is -3.17. The maximum atomic E-state index is 11.9. The van der Waals surface area contributed by atoms with Gasteiger partial charge in [0.25, 0.3) is 0 Å². The van der Waals surface area contributed by atoms with Crippen molar-refractivity contribution in [1.29, 1.82) is 0 Å². The minimum absolute atomic E-state index is 0. The van der Waals surface area contributed by atoms with E-state index in [-0.39, 0.29) is 35.1 Å². The molecule has 0 N–H and O–H groups in total. The SMILES string of the molecule is Cn1c(=O)[c-](-c2ccccc2)c(=O)n(C)c1=O.[Na+]. The summed E-state index contributed by atoms with van der Waals surface area (Å²) in [6.07, 6.45) is 0. The van der Waals surface area contributed by atoms with Gasteiger partial charge >= 0.3 is 35.2 Å². The first kappa shape index (κ1) is 14.8. The molecule has 0 amide bonds. The fourth-order valence-corrected chi connectivity index (χ4v) is 1.68. The van der Waals surface area contributed by atoms with Crippen LogP contribution >= 0.6 is 0 Å². The van der Waals surface area contributed by atoms with Gasteiger partial charge in [-0.25, -0.2) is 4.79 Å². The Kier molecular flexibility index (Phi) is 4.56. The average Bonchev–Trinajstić information content (AvgIpc) is 2.36. The first-order valence-corrected chi connectivity index (χ1v) is 5.06. The summed E-state index contributed by atoms with van der Waals surface area (Å²) in [5.41, 5.74) is -1.20. The molecule has 0 unspecified atom stereocenters. The monoisotopic (exact) mass is 254 g/mol. The van der Waals surface area contributed by atoms with Crippen molar-refractivity contribution in [3.63, 3.8) is 0 Å². The molecule has 0 spiro atoms. The van der Waals surface area contributed by atoms with E-state index in [1.165, 1.54) is 14.1 Å². The van der Waals surface area contributed by atoms with Crippen molar-refractivity contribution in [2.24, 2.45) is 14.1 Å². The van der Waals surface area contributed by atoms with E-state index in [0.717, 1.165) is 9.13 Å². The Morgan fingerprint density at radius 2 is 1.33 bits per heavy atom. The van der Waals surface area contributed by atoms with Crippen LogP contribution in [0.25, 0.3) is 11.1 Å². The Bertz CT molecular complexity index is 685. The van der Waals surface area contributed by atoms with E-state index < -0.39 is 16.8 Å². The Balaban J connectivity index is 0.00000162. The van der Waals surface area contributed by atoms with Crippen LogP contribution in [-0.2, 0) is 14.1 Å². The summed E-state index contributed by atoms with van der Waals surface area (Å²) in [6, 6.07) is 8.60. The van der Waals surface area contributed by atoms with Crippen LogP contribution in [0.1, 0.15) is 0 Å². The van der Waals surface area contributed by atoms with E-state index in [1.54, 1.807) is 30.3 Å². The van der Waals surface area contributed by atoms with Gasteiger partial charge in [0, 0.05) is 19.7 Å². The molecule has 0 atom stereocenters. The van der Waals surface area contributed by atoms with Crippen LogP contribution < -0.4 is 46.4 Å². The molecule has 0 radical (unpaired) electrons. The Hall–Kier alpha value is -1.30. The molecule has 1 aromatic heterocycles. The van der Waals surface area contributed by atoms with Crippen LogP contribution in [0.2, 0.25) is 0 Å². The van der Waals surface area contributed by atoms with Gasteiger partial charge in [-0.1, -0.05) is 6.07 Å². The third kappa shape index (κ3) is 2.29. The predicted molar refractivity (Wildman–Crippen MR) is 64.2 cm³/mol. The van der Waals surface area contributed by atoms with Gasteiger partial charge in [0.1, 0.15) is 0 Å². The Morgan fingerprint density at radius 3 is 1.78 bits per heavy atom. The minimum Gasteiger partial charge on any atom is -0.284 e. The quantitative estimate of drug-likeness (QED) is 0.398. The van der Waals surface area contributed by atoms with Gasteiger partial charge in [0.15, 0.2) is 0 Å². The summed E-state index contributed by atoms with van der Waals surface area (Å²) in [5, 5.41) is 0. The molecule has 6 heteroatoms. The van der Waals surface area contributed by atoms with Crippen LogP contribution in [0.5, 0.6) is 0 Å². The van der Waals surface area contributed by atoms with E-state index >= 15 is 0 Å². The Labute approximate surface area is 125 Å². The van der Waals surface area contributed by atoms with E-state index in [9.17, 15) is 14.4 Å². The van der Waals surface area contributed by atoms with Crippen molar-refractivity contribution < 1.29 is 29.6 Å². The van der Waals surface area contributed by atoms with E-state index in [1.807, 2.05) is 0 Å². The summed E-state index contributed by atoms with van der Waals surface area (Å²) in [5.74, 6) is 0. The normalized spacial score (nSPS) is 9.89. The smallest absolute Gasteiger partial charge is 0.284 e. The van der Waals surface area contributed by atoms with Crippen LogP contribution in [0.3, 0.4) is 0 Å². The molecule has 0 saturated carbocycles. The molecule has 1 heterocycles. The third-order valence-electron chi connectivity index (χ3n) is 2.67. The second-order valence-corrected chi connectivity index (χ2v) is 3.75. The summed E-state index contributed by atoms with van der Waals surface area (Å²) in [4.78, 5) is 35.3. The Morgan fingerprint density at radius 1 is 0.889 bits per heavy atom. The largest absolute Gasteiger partial charge is 1.00 e. The maximum absolute atomic E-state index is 11.9. The molecule has 2 rings (SSSR count). The zero-order valence-corrected chi connectivity index (χ0v) is 12.5. The topological polar surface area (TPSA) is 61.1 Å². The molecule has 0 aliphatic rings. The zero-order chi connectivity index (χ0) is 12.6. The molecular weight excluding hydrogens is 243 g/mol. The van der Waals surface area contributed by atoms with E-state index in [2.05, 4.69) is 0 Å². The van der Waals surface area contributed by atoms with Gasteiger partial charge in [-0.2, -0.15) is 17.7 Å². The number of aromatic nitrogens is 2. The molecule has 5 nitrogen and oxygen atoms in total. The first-order valence-electron chi connectivity index (χ1n) is 5.06. The van der Waals surface area contributed by atoms with Crippen LogP contribution in [0.4, 0.5) is 0 Å². The molecule has 0 aliphatic carbocycles. The minimum atomic E-state index is -0.611. The summed E-state index contributed by atoms with van der Waals surface area (Å²) in [7, 11) is 2.72. The molecule has 0 fully saturated rings. The number of benzene rings is 1. The van der Waals surface area contributed by atoms with Crippen molar-refractivity contribution in [2.45, 2.75) is 0 Å². The van der Waals surface area contributed by atoms with Crippen LogP contribution in [0.15, 0.2) is 44.7 Å². The van der Waals surface area contributed by atoms with Crippen molar-refractivity contribution in [3.05, 3.63) is 61.5 Å². The van der Waals surface area contributed by atoms with Crippen molar-refractivity contribution in [1.82, 2.24) is 9.13 Å². The van der Waals surface area contributed by atoms with Gasteiger partial charge in [-0.05, 0) is 0 Å². The second kappa shape index (κ2) is 5.56. The van der Waals surface area contributed by atoms with Gasteiger partial charge in [0.2, 0.25) is 11.1 Å². The molecule has 0 aliphatic heterocycles. The van der Waals surface area contributed by atoms with E-state index in [0.29, 0.717) is 5.56 Å². The summed E-state index contributed by atoms with van der Waals surface area (Å²) >= 11 is 0. The molecule has 88 valence electrons. The van der Waals surface area contributed by atoms with Crippen molar-refractivity contribution in [2.75, 3.05) is 0 Å². The third-order valence-corrected chi connectivity index (χ3v) is 2.67. The maximum Gasteiger partial charge on any atom is 1.00 e. The van der Waals surface area contributed by atoms with Gasteiger partial charge in [-0.15, -0.1) is 12.1 Å². The molecule has 0 saturated heterocycles. The first-order chi connectivity index (χ1) is 8.04.